The molecule has 0 atom stereocenters. The number of nitrogen functional groups attached to an aromatic ring is 1. The number of hydrogen-bond acceptors (Lipinski definition) is 5. The fourth-order valence-corrected chi connectivity index (χ4v) is 2.49. The topological polar surface area (TPSA) is 101 Å². The molecule has 1 aromatic heterocycles. The lowest BCUT2D eigenvalue weighted by molar-refractivity contribution is 0.102. The van der Waals surface area contributed by atoms with Crippen LogP contribution in [0.2, 0.25) is 5.02 Å². The summed E-state index contributed by atoms with van der Waals surface area (Å²) < 4.78 is 5.70. The first-order valence-electron chi connectivity index (χ1n) is 7.98. The number of rotatable bonds is 5. The Labute approximate surface area is 161 Å². The van der Waals surface area contributed by atoms with E-state index in [4.69, 9.17) is 27.3 Å². The number of nitrogens with zero attached hydrogens (tertiary/aromatic N) is 2. The molecule has 6 nitrogen and oxygen atoms in total. The molecule has 3 N–H and O–H groups in total. The van der Waals surface area contributed by atoms with Gasteiger partial charge in [-0.1, -0.05) is 17.7 Å². The molecule has 0 radical (unpaired) electrons. The first-order valence-corrected chi connectivity index (χ1v) is 8.36. The fourth-order valence-electron chi connectivity index (χ4n) is 2.33. The molecule has 3 rings (SSSR count). The molecule has 0 bridgehead atoms. The van der Waals surface area contributed by atoms with Gasteiger partial charge in [-0.15, -0.1) is 0 Å². The minimum atomic E-state index is -0.298. The van der Waals surface area contributed by atoms with Crippen molar-refractivity contribution in [1.29, 1.82) is 5.26 Å². The van der Waals surface area contributed by atoms with Crippen LogP contribution < -0.4 is 15.8 Å². The second-order valence-electron chi connectivity index (χ2n) is 5.70. The van der Waals surface area contributed by atoms with Crippen LogP contribution in [0.5, 0.6) is 5.75 Å². The number of ether oxygens (including phenoxy) is 1. The first kappa shape index (κ1) is 18.2. The van der Waals surface area contributed by atoms with Gasteiger partial charge in [-0.05, 0) is 48.0 Å². The van der Waals surface area contributed by atoms with Crippen molar-refractivity contribution >= 4 is 28.9 Å². The van der Waals surface area contributed by atoms with E-state index in [1.165, 1.54) is 12.4 Å². The standard InChI is InChI=1S/C20H15ClN4O2/c21-19-6-1-13(7-14(19)9-22)12-27-18-4-2-17(3-5-18)25-20(26)15-8-16(23)11-24-10-15/h1-8,10-11H,12,23H2,(H,25,26). The maximum Gasteiger partial charge on any atom is 0.257 e. The van der Waals surface area contributed by atoms with E-state index in [1.54, 1.807) is 48.5 Å². The van der Waals surface area contributed by atoms with Crippen LogP contribution in [0, 0.1) is 11.3 Å². The Morgan fingerprint density at radius 2 is 1.96 bits per heavy atom. The molecule has 0 aliphatic rings. The van der Waals surface area contributed by atoms with Crippen LogP contribution in [-0.4, -0.2) is 10.9 Å². The van der Waals surface area contributed by atoms with Crippen LogP contribution >= 0.6 is 11.6 Å². The van der Waals surface area contributed by atoms with Crippen molar-refractivity contribution in [2.75, 3.05) is 11.1 Å². The maximum atomic E-state index is 12.2. The zero-order valence-electron chi connectivity index (χ0n) is 14.1. The van der Waals surface area contributed by atoms with E-state index in [0.717, 1.165) is 5.56 Å². The average molecular weight is 379 g/mol. The van der Waals surface area contributed by atoms with E-state index < -0.39 is 0 Å². The van der Waals surface area contributed by atoms with Gasteiger partial charge in [-0.2, -0.15) is 5.26 Å². The lowest BCUT2D eigenvalue weighted by atomic mass is 10.1. The number of anilines is 2. The third-order valence-corrected chi connectivity index (χ3v) is 4.02. The molecule has 2 aromatic carbocycles. The Balaban J connectivity index is 1.60. The monoisotopic (exact) mass is 378 g/mol. The van der Waals surface area contributed by atoms with Gasteiger partial charge in [0.1, 0.15) is 18.4 Å². The second kappa shape index (κ2) is 8.21. The van der Waals surface area contributed by atoms with Gasteiger partial charge in [0.2, 0.25) is 0 Å². The molecule has 1 amide bonds. The summed E-state index contributed by atoms with van der Waals surface area (Å²) in [6.07, 6.45) is 2.92. The van der Waals surface area contributed by atoms with Crippen LogP contribution in [0.15, 0.2) is 60.9 Å². The van der Waals surface area contributed by atoms with E-state index in [2.05, 4.69) is 10.3 Å². The number of benzene rings is 2. The van der Waals surface area contributed by atoms with Gasteiger partial charge >= 0.3 is 0 Å². The predicted molar refractivity (Wildman–Crippen MR) is 104 cm³/mol. The summed E-state index contributed by atoms with van der Waals surface area (Å²) in [4.78, 5) is 16.1. The number of nitriles is 1. The number of hydrogen-bond donors (Lipinski definition) is 2. The Hall–Kier alpha value is -3.56. The van der Waals surface area contributed by atoms with Crippen molar-refractivity contribution in [2.45, 2.75) is 6.61 Å². The number of carbonyl (C=O) groups excluding carboxylic acids is 1. The fraction of sp³-hybridized carbons (Fsp3) is 0.0500. The lowest BCUT2D eigenvalue weighted by Gasteiger charge is -2.09. The number of carbonyl (C=O) groups is 1. The van der Waals surface area contributed by atoms with E-state index in [-0.39, 0.29) is 5.91 Å². The first-order chi connectivity index (χ1) is 13.0. The highest BCUT2D eigenvalue weighted by atomic mass is 35.5. The number of halogens is 1. The molecule has 27 heavy (non-hydrogen) atoms. The summed E-state index contributed by atoms with van der Waals surface area (Å²) in [6, 6.07) is 15.7. The molecular formula is C20H15ClN4O2. The highest BCUT2D eigenvalue weighted by Gasteiger charge is 2.07. The number of pyridine rings is 1. The Morgan fingerprint density at radius 3 is 2.67 bits per heavy atom. The minimum absolute atomic E-state index is 0.298. The van der Waals surface area contributed by atoms with Gasteiger partial charge in [0.15, 0.2) is 0 Å². The van der Waals surface area contributed by atoms with Crippen molar-refractivity contribution in [1.82, 2.24) is 4.98 Å². The van der Waals surface area contributed by atoms with Crippen molar-refractivity contribution < 1.29 is 9.53 Å². The van der Waals surface area contributed by atoms with Crippen LogP contribution in [0.4, 0.5) is 11.4 Å². The highest BCUT2D eigenvalue weighted by Crippen LogP contribution is 2.20. The van der Waals surface area contributed by atoms with E-state index in [9.17, 15) is 4.79 Å². The van der Waals surface area contributed by atoms with Crippen LogP contribution in [0.25, 0.3) is 0 Å². The molecular weight excluding hydrogens is 364 g/mol. The smallest absolute Gasteiger partial charge is 0.257 e. The maximum absolute atomic E-state index is 12.2. The molecule has 134 valence electrons. The van der Waals surface area contributed by atoms with Crippen molar-refractivity contribution in [3.63, 3.8) is 0 Å². The van der Waals surface area contributed by atoms with E-state index in [1.807, 2.05) is 6.07 Å². The Bertz CT molecular complexity index is 1010. The van der Waals surface area contributed by atoms with Crippen molar-refractivity contribution in [2.24, 2.45) is 0 Å². The number of amides is 1. The molecule has 0 saturated heterocycles. The van der Waals surface area contributed by atoms with Gasteiger partial charge < -0.3 is 15.8 Å². The summed E-state index contributed by atoms with van der Waals surface area (Å²) >= 11 is 5.92. The third kappa shape index (κ3) is 4.75. The number of nitrogens with two attached hydrogens (primary N) is 1. The molecule has 0 fully saturated rings. The molecule has 0 spiro atoms. The SMILES string of the molecule is N#Cc1cc(COc2ccc(NC(=O)c3cncc(N)c3)cc2)ccc1Cl. The van der Waals surface area contributed by atoms with Crippen molar-refractivity contribution in [3.8, 4) is 11.8 Å². The van der Waals surface area contributed by atoms with Gasteiger partial charge in [-0.25, -0.2) is 0 Å². The summed E-state index contributed by atoms with van der Waals surface area (Å²) in [5.41, 5.74) is 8.30. The van der Waals surface area contributed by atoms with Crippen LogP contribution in [-0.2, 0) is 6.61 Å². The van der Waals surface area contributed by atoms with Gasteiger partial charge in [-0.3, -0.25) is 9.78 Å². The van der Waals surface area contributed by atoms with Crippen LogP contribution in [0.1, 0.15) is 21.5 Å². The minimum Gasteiger partial charge on any atom is -0.489 e. The van der Waals surface area contributed by atoms with Gasteiger partial charge in [0, 0.05) is 18.1 Å². The highest BCUT2D eigenvalue weighted by molar-refractivity contribution is 6.31. The van der Waals surface area contributed by atoms with Crippen molar-refractivity contribution in [3.05, 3.63) is 82.6 Å². The second-order valence-corrected chi connectivity index (χ2v) is 6.11. The molecule has 0 unspecified atom stereocenters. The molecule has 7 heteroatoms. The summed E-state index contributed by atoms with van der Waals surface area (Å²) in [6.45, 7) is 0.298. The average Bonchev–Trinajstić information content (AvgIpc) is 2.68. The summed E-state index contributed by atoms with van der Waals surface area (Å²) in [7, 11) is 0. The van der Waals surface area contributed by atoms with Gasteiger partial charge in [0.25, 0.3) is 5.91 Å². The molecule has 0 aliphatic heterocycles. The Morgan fingerprint density at radius 1 is 1.19 bits per heavy atom. The molecule has 1 heterocycles. The molecule has 0 aliphatic carbocycles. The summed E-state index contributed by atoms with van der Waals surface area (Å²) in [5, 5.41) is 12.2. The zero-order chi connectivity index (χ0) is 19.2. The van der Waals surface area contributed by atoms with Crippen LogP contribution in [0.3, 0.4) is 0 Å². The third-order valence-electron chi connectivity index (χ3n) is 3.69. The van der Waals surface area contributed by atoms with E-state index >= 15 is 0 Å². The zero-order valence-corrected chi connectivity index (χ0v) is 14.9. The molecule has 3 aromatic rings. The quantitative estimate of drug-likeness (QED) is 0.698. The van der Waals surface area contributed by atoms with Gasteiger partial charge in [0.05, 0.1) is 21.8 Å². The number of aromatic nitrogens is 1. The largest absolute Gasteiger partial charge is 0.489 e. The van der Waals surface area contributed by atoms with E-state index in [0.29, 0.717) is 39.9 Å². The normalized spacial score (nSPS) is 10.1. The number of nitrogens with one attached hydrogen (secondary N) is 1. The Kier molecular flexibility index (Phi) is 5.55. The predicted octanol–water partition coefficient (Wildman–Crippen LogP) is 4.02. The summed E-state index contributed by atoms with van der Waals surface area (Å²) in [5.74, 6) is 0.334. The lowest BCUT2D eigenvalue weighted by Crippen LogP contribution is -2.12. The molecule has 0 saturated carbocycles.